The lowest BCUT2D eigenvalue weighted by Gasteiger charge is -2.34. The fourth-order valence-electron chi connectivity index (χ4n) is 11.2. The number of aryl methyl sites for hydroxylation is 4. The van der Waals surface area contributed by atoms with Gasteiger partial charge in [-0.3, -0.25) is 19.6 Å². The third-order valence-electron chi connectivity index (χ3n) is 14.9. The molecule has 0 bridgehead atoms. The molecule has 4 amide bonds. The third kappa shape index (κ3) is 11.9. The van der Waals surface area contributed by atoms with Gasteiger partial charge in [0, 0.05) is 115 Å². The van der Waals surface area contributed by atoms with E-state index in [4.69, 9.17) is 38.9 Å². The van der Waals surface area contributed by atoms with E-state index in [9.17, 15) is 14.4 Å². The van der Waals surface area contributed by atoms with Crippen LogP contribution in [0.25, 0.3) is 11.1 Å². The molecule has 6 heterocycles. The van der Waals surface area contributed by atoms with Crippen molar-refractivity contribution in [2.24, 2.45) is 17.6 Å². The van der Waals surface area contributed by atoms with Gasteiger partial charge >= 0.3 is 6.03 Å². The largest absolute Gasteiger partial charge is 0.351 e. The highest BCUT2D eigenvalue weighted by Crippen LogP contribution is 2.45. The Morgan fingerprint density at radius 2 is 0.957 bits per heavy atom. The Labute approximate surface area is 449 Å². The predicted molar refractivity (Wildman–Crippen MR) is 289 cm³/mol. The number of nitrogens with zero attached hydrogens (tertiary/aromatic N) is 5. The molecule has 0 radical (unpaired) electrons. The van der Waals surface area contributed by atoms with Gasteiger partial charge in [-0.2, -0.15) is 0 Å². The van der Waals surface area contributed by atoms with Crippen molar-refractivity contribution < 1.29 is 14.4 Å². The Bertz CT molecular complexity index is 2700. The summed E-state index contributed by atoms with van der Waals surface area (Å²) in [5, 5.41) is 4.87. The molecule has 0 unspecified atom stereocenters. The van der Waals surface area contributed by atoms with E-state index in [1.54, 1.807) is 4.90 Å². The normalized spacial score (nSPS) is 18.8. The number of nitrogens with two attached hydrogens (primary N) is 1. The lowest BCUT2D eigenvalue weighted by molar-refractivity contribution is -0.133. The number of amides is 4. The van der Waals surface area contributed by atoms with E-state index in [1.807, 2.05) is 29.4 Å². The van der Waals surface area contributed by atoms with E-state index in [1.165, 1.54) is 55.7 Å². The van der Waals surface area contributed by atoms with Gasteiger partial charge < -0.3 is 25.8 Å². The molecule has 4 fully saturated rings. The Morgan fingerprint density at radius 3 is 1.38 bits per heavy atom. The quantitative estimate of drug-likeness (QED) is 0.210. The fourth-order valence-corrected chi connectivity index (χ4v) is 14.1. The number of pyridine rings is 2. The lowest BCUT2D eigenvalue weighted by atomic mass is 9.88. The molecule has 16 heteroatoms. The second-order valence-electron chi connectivity index (χ2n) is 19.3. The van der Waals surface area contributed by atoms with Gasteiger partial charge in [0.2, 0.25) is 11.8 Å². The van der Waals surface area contributed by atoms with Crippen LogP contribution in [0.4, 0.5) is 4.79 Å². The fraction of sp³-hybridized carbons (Fsp3) is 0.453. The highest BCUT2D eigenvalue weighted by atomic mass is 79.9. The van der Waals surface area contributed by atoms with Crippen LogP contribution in [0.2, 0.25) is 10.0 Å². The van der Waals surface area contributed by atoms with E-state index in [0.29, 0.717) is 56.8 Å². The topological polar surface area (TPSA) is 125 Å². The van der Waals surface area contributed by atoms with Crippen LogP contribution >= 0.6 is 86.9 Å². The number of piperidine rings is 4. The number of urea groups is 1. The Kier molecular flexibility index (Phi) is 16.8. The summed E-state index contributed by atoms with van der Waals surface area (Å²) in [4.78, 5) is 53.0. The molecule has 2 aromatic heterocycles. The maximum atomic E-state index is 13.1. The molecular formula is C53H57Br4Cl2N7O3. The van der Waals surface area contributed by atoms with E-state index in [0.717, 1.165) is 143 Å². The maximum Gasteiger partial charge on any atom is 0.314 e. The van der Waals surface area contributed by atoms with Gasteiger partial charge in [-0.25, -0.2) is 4.79 Å². The zero-order valence-electron chi connectivity index (χ0n) is 38.6. The first-order valence-electron chi connectivity index (χ1n) is 24.3. The predicted octanol–water partition coefficient (Wildman–Crippen LogP) is 12.1. The number of rotatable bonds is 4. The van der Waals surface area contributed by atoms with Crippen LogP contribution < -0.4 is 11.1 Å². The van der Waals surface area contributed by atoms with Gasteiger partial charge in [0.05, 0.1) is 11.4 Å². The number of fused-ring (bicyclic) bond motifs is 4. The highest BCUT2D eigenvalue weighted by Gasteiger charge is 2.32. The van der Waals surface area contributed by atoms with Crippen LogP contribution in [-0.2, 0) is 35.3 Å². The monoisotopic (exact) mass is 1230 g/mol. The molecule has 6 aliphatic rings. The number of hydrogen-bond donors (Lipinski definition) is 2. The Balaban J connectivity index is 0.000000172. The zero-order chi connectivity index (χ0) is 48.3. The first kappa shape index (κ1) is 50.8. The molecule has 10 nitrogen and oxygen atoms in total. The van der Waals surface area contributed by atoms with Crippen molar-refractivity contribution in [3.05, 3.63) is 133 Å². The van der Waals surface area contributed by atoms with Crippen molar-refractivity contribution in [1.82, 2.24) is 30.0 Å². The lowest BCUT2D eigenvalue weighted by Crippen LogP contribution is -2.43. The molecule has 4 aliphatic heterocycles. The molecule has 2 aromatic carbocycles. The zero-order valence-corrected chi connectivity index (χ0v) is 46.5. The average molecular weight is 1230 g/mol. The van der Waals surface area contributed by atoms with Crippen LogP contribution in [-0.4, -0.2) is 94.9 Å². The van der Waals surface area contributed by atoms with Crippen molar-refractivity contribution in [2.45, 2.75) is 89.9 Å². The minimum absolute atomic E-state index is 0.216. The second-order valence-corrected chi connectivity index (χ2v) is 23.7. The van der Waals surface area contributed by atoms with Crippen molar-refractivity contribution in [3.8, 4) is 0 Å². The maximum absolute atomic E-state index is 13.1. The third-order valence-corrected chi connectivity index (χ3v) is 17.5. The number of carbonyl (C=O) groups excluding carboxylic acids is 3. The van der Waals surface area contributed by atoms with Gasteiger partial charge in [-0.15, -0.1) is 0 Å². The number of nitrogens with one attached hydrogen (secondary N) is 1. The van der Waals surface area contributed by atoms with Crippen LogP contribution in [0.5, 0.6) is 0 Å². The molecule has 4 saturated heterocycles. The molecule has 69 heavy (non-hydrogen) atoms. The summed E-state index contributed by atoms with van der Waals surface area (Å²) in [7, 11) is 0. The minimum Gasteiger partial charge on any atom is -0.351 e. The molecule has 2 aliphatic carbocycles. The Hall–Kier alpha value is -3.11. The van der Waals surface area contributed by atoms with Gasteiger partial charge in [-0.05, 0) is 192 Å². The van der Waals surface area contributed by atoms with Gasteiger partial charge in [0.1, 0.15) is 0 Å². The van der Waals surface area contributed by atoms with Gasteiger partial charge in [0.15, 0.2) is 0 Å². The summed E-state index contributed by atoms with van der Waals surface area (Å²) in [6.45, 7) is 6.36. The molecule has 4 aromatic rings. The molecule has 0 spiro atoms. The number of likely N-dealkylation sites (tertiary alicyclic amines) is 3. The SMILES string of the molecule is NC(=O)N1CCC(CC(=O)N2CCC(=C3c4ncc(Br)cc4CCc4cc(Cl)cc(Br)c43)CC2)CC1.O=C(CC1CCNCC1)N1CCC(=C2c3ncc(Br)cc3CCc3cc(Cl)cc(Br)c32)CC1. The number of carbonyl (C=O) groups is 3. The first-order chi connectivity index (χ1) is 33.3. The summed E-state index contributed by atoms with van der Waals surface area (Å²) in [5.41, 5.74) is 20.0. The van der Waals surface area contributed by atoms with Gasteiger partial charge in [-0.1, -0.05) is 66.2 Å². The van der Waals surface area contributed by atoms with E-state index < -0.39 is 0 Å². The molecule has 0 atom stereocenters. The minimum atomic E-state index is -0.367. The van der Waals surface area contributed by atoms with E-state index in [-0.39, 0.29) is 11.9 Å². The van der Waals surface area contributed by atoms with Crippen molar-refractivity contribution in [2.75, 3.05) is 52.4 Å². The molecule has 0 saturated carbocycles. The van der Waals surface area contributed by atoms with E-state index in [2.05, 4.69) is 98.2 Å². The molecule has 364 valence electrons. The molecule has 3 N–H and O–H groups in total. The summed E-state index contributed by atoms with van der Waals surface area (Å²) in [6.07, 6.45) is 16.0. The molecular weight excluding hydrogens is 1170 g/mol. The van der Waals surface area contributed by atoms with Crippen molar-refractivity contribution in [1.29, 1.82) is 0 Å². The van der Waals surface area contributed by atoms with Crippen LogP contribution in [0.1, 0.15) is 109 Å². The summed E-state index contributed by atoms with van der Waals surface area (Å²) in [5.74, 6) is 1.38. The van der Waals surface area contributed by atoms with Crippen molar-refractivity contribution >= 4 is 116 Å². The van der Waals surface area contributed by atoms with E-state index >= 15 is 0 Å². The summed E-state index contributed by atoms with van der Waals surface area (Å²) >= 11 is 27.6. The first-order valence-corrected chi connectivity index (χ1v) is 28.2. The average Bonchev–Trinajstić information content (AvgIpc) is 3.60. The number of halogens is 6. The smallest absolute Gasteiger partial charge is 0.314 e. The van der Waals surface area contributed by atoms with Gasteiger partial charge in [0.25, 0.3) is 0 Å². The van der Waals surface area contributed by atoms with Crippen LogP contribution in [0.15, 0.2) is 77.8 Å². The second kappa shape index (κ2) is 22.8. The van der Waals surface area contributed by atoms with Crippen LogP contribution in [0, 0.1) is 11.8 Å². The summed E-state index contributed by atoms with van der Waals surface area (Å²) < 4.78 is 4.00. The number of hydrogen-bond acceptors (Lipinski definition) is 6. The number of benzene rings is 2. The Morgan fingerprint density at radius 1 is 0.551 bits per heavy atom. The van der Waals surface area contributed by atoms with Crippen LogP contribution in [0.3, 0.4) is 0 Å². The van der Waals surface area contributed by atoms with Crippen molar-refractivity contribution in [3.63, 3.8) is 0 Å². The summed E-state index contributed by atoms with van der Waals surface area (Å²) in [6, 6.07) is 12.1. The highest BCUT2D eigenvalue weighted by molar-refractivity contribution is 9.11. The molecule has 10 rings (SSSR count). The number of aromatic nitrogens is 2. The standard InChI is InChI=1S/C27H29Br2ClN4O2.C26H28Br2ClN3O/c28-20-12-19-2-1-18-13-21(30)14-22(29)24(18)25(26(19)32-15-20)17-5-9-33(10-6-17)23(35)11-16-3-7-34(8-4-16)27(31)36;27-20-12-19-2-1-18-13-21(29)14-22(28)24(18)25(26(19)31-15-20)17-5-9-32(10-6-17)23(33)11-16-3-7-30-8-4-16/h12-16H,1-11H2,(H2,31,36);12-16,30H,1-11H2. The number of primary amides is 1.